The number of fused-ring (bicyclic) bond motifs is 12. The van der Waals surface area contributed by atoms with Gasteiger partial charge in [-0.15, -0.1) is 0 Å². The number of para-hydroxylation sites is 2. The lowest BCUT2D eigenvalue weighted by Gasteiger charge is -2.12. The Bertz CT molecular complexity index is 1490. The molecule has 6 nitrogen and oxygen atoms in total. The number of aliphatic hydroxyl groups is 1. The summed E-state index contributed by atoms with van der Waals surface area (Å²) < 4.78 is 4.35. The molecule has 6 rings (SSSR count). The molecule has 4 bridgehead atoms. The van der Waals surface area contributed by atoms with Crippen LogP contribution in [0.15, 0.2) is 60.9 Å². The van der Waals surface area contributed by atoms with Crippen molar-refractivity contribution in [2.45, 2.75) is 57.7 Å². The summed E-state index contributed by atoms with van der Waals surface area (Å²) in [6, 6.07) is 16.1. The predicted molar refractivity (Wildman–Crippen MR) is 138 cm³/mol. The van der Waals surface area contributed by atoms with Crippen molar-refractivity contribution in [2.75, 3.05) is 0 Å². The van der Waals surface area contributed by atoms with Gasteiger partial charge < -0.3 is 14.2 Å². The van der Waals surface area contributed by atoms with Crippen molar-refractivity contribution in [2.24, 2.45) is 0 Å². The highest BCUT2D eigenvalue weighted by atomic mass is 16.3. The molecule has 0 fully saturated rings. The lowest BCUT2D eigenvalue weighted by Crippen LogP contribution is -2.22. The Morgan fingerprint density at radius 3 is 1.80 bits per heavy atom. The Kier molecular flexibility index (Phi) is 5.53. The van der Waals surface area contributed by atoms with Crippen LogP contribution in [0.2, 0.25) is 0 Å². The minimum Gasteiger partial charge on any atom is -0.393 e. The van der Waals surface area contributed by atoms with Crippen LogP contribution in [-0.2, 0) is 22.7 Å². The van der Waals surface area contributed by atoms with Crippen LogP contribution in [0.4, 0.5) is 0 Å². The molecule has 2 aromatic carbocycles. The molecule has 2 aliphatic rings. The minimum atomic E-state index is -0.349. The van der Waals surface area contributed by atoms with Crippen LogP contribution in [0.1, 0.15) is 49.7 Å². The number of carbonyl (C=O) groups is 2. The molecule has 0 saturated heterocycles. The Balaban J connectivity index is 1.60. The molecule has 2 aromatic heterocycles. The van der Waals surface area contributed by atoms with E-state index in [1.54, 1.807) is 0 Å². The monoisotopic (exact) mass is 467 g/mol. The summed E-state index contributed by atoms with van der Waals surface area (Å²) in [4.78, 5) is 26.4. The fourth-order valence-corrected chi connectivity index (χ4v) is 5.71. The number of hydrogen-bond acceptors (Lipinski definition) is 3. The van der Waals surface area contributed by atoms with Gasteiger partial charge in [0, 0.05) is 58.4 Å². The standard InChI is InChI=1S/C29H29N3O3/c33-19-9-2-1-7-15-31-17-22(20-11-3-5-13-24(20)31)26-27(29(35)30-28(26)34)23-18-32(16-8-10-19)25-14-6-4-12-21(23)25/h3-6,11-14,17-19,33H,1-2,7-10,15-16H2,(H,30,34,35). The quantitative estimate of drug-likeness (QED) is 0.362. The Labute approximate surface area is 203 Å². The van der Waals surface area contributed by atoms with Gasteiger partial charge in [-0.2, -0.15) is 0 Å². The van der Waals surface area contributed by atoms with E-state index in [4.69, 9.17) is 0 Å². The average Bonchev–Trinajstić information content (AvgIpc) is 3.49. The number of aryl methyl sites for hydroxylation is 2. The van der Waals surface area contributed by atoms with E-state index < -0.39 is 0 Å². The first-order valence-corrected chi connectivity index (χ1v) is 12.6. The van der Waals surface area contributed by atoms with Gasteiger partial charge in [0.2, 0.25) is 0 Å². The molecule has 0 saturated carbocycles. The zero-order valence-corrected chi connectivity index (χ0v) is 19.7. The maximum Gasteiger partial charge on any atom is 0.259 e. The number of nitrogens with one attached hydrogen (secondary N) is 1. The number of amides is 2. The molecule has 1 unspecified atom stereocenters. The summed E-state index contributed by atoms with van der Waals surface area (Å²) in [5, 5.41) is 15.0. The number of aliphatic hydroxyl groups excluding tert-OH is 1. The summed E-state index contributed by atoms with van der Waals surface area (Å²) in [5.74, 6) is -0.691. The van der Waals surface area contributed by atoms with Gasteiger partial charge in [0.25, 0.3) is 11.8 Å². The molecular formula is C29H29N3O3. The summed E-state index contributed by atoms with van der Waals surface area (Å²) in [7, 11) is 0. The van der Waals surface area contributed by atoms with E-state index in [1.165, 1.54) is 0 Å². The van der Waals surface area contributed by atoms with Gasteiger partial charge in [-0.3, -0.25) is 14.9 Å². The largest absolute Gasteiger partial charge is 0.393 e. The molecule has 178 valence electrons. The molecule has 0 radical (unpaired) electrons. The highest BCUT2D eigenvalue weighted by Crippen LogP contribution is 2.39. The fourth-order valence-electron chi connectivity index (χ4n) is 5.71. The summed E-state index contributed by atoms with van der Waals surface area (Å²) in [6.07, 6.45) is 9.19. The van der Waals surface area contributed by atoms with E-state index >= 15 is 0 Å². The minimum absolute atomic E-state index is 0.293. The molecule has 0 aliphatic carbocycles. The van der Waals surface area contributed by atoms with Crippen LogP contribution in [0.5, 0.6) is 0 Å². The Morgan fingerprint density at radius 2 is 1.20 bits per heavy atom. The molecular weight excluding hydrogens is 438 g/mol. The molecule has 2 aliphatic heterocycles. The predicted octanol–water partition coefficient (Wildman–Crippen LogP) is 4.88. The number of carbonyl (C=O) groups excluding carboxylic acids is 2. The normalized spacial score (nSPS) is 19.7. The number of benzene rings is 2. The van der Waals surface area contributed by atoms with Crippen LogP contribution in [0.3, 0.4) is 0 Å². The van der Waals surface area contributed by atoms with Crippen molar-refractivity contribution in [1.29, 1.82) is 0 Å². The molecule has 2 amide bonds. The van der Waals surface area contributed by atoms with Gasteiger partial charge in [0.05, 0.1) is 17.3 Å². The van der Waals surface area contributed by atoms with E-state index in [-0.39, 0.29) is 17.9 Å². The van der Waals surface area contributed by atoms with Crippen molar-refractivity contribution >= 4 is 44.8 Å². The molecule has 35 heavy (non-hydrogen) atoms. The second-order valence-corrected chi connectivity index (χ2v) is 9.69. The summed E-state index contributed by atoms with van der Waals surface area (Å²) >= 11 is 0. The second-order valence-electron chi connectivity index (χ2n) is 9.69. The summed E-state index contributed by atoms with van der Waals surface area (Å²) in [5.41, 5.74) is 4.56. The van der Waals surface area contributed by atoms with E-state index in [1.807, 2.05) is 54.9 Å². The van der Waals surface area contributed by atoms with Crippen LogP contribution in [-0.4, -0.2) is 32.2 Å². The maximum atomic E-state index is 13.2. The van der Waals surface area contributed by atoms with Gasteiger partial charge in [-0.1, -0.05) is 49.2 Å². The fraction of sp³-hybridized carbons (Fsp3) is 0.310. The molecule has 2 N–H and O–H groups in total. The first kappa shape index (κ1) is 21.9. The third-order valence-corrected chi connectivity index (χ3v) is 7.42. The number of imide groups is 1. The van der Waals surface area contributed by atoms with E-state index in [2.05, 4.69) is 20.5 Å². The van der Waals surface area contributed by atoms with Gasteiger partial charge in [-0.05, 0) is 37.8 Å². The van der Waals surface area contributed by atoms with E-state index in [0.717, 1.165) is 84.5 Å². The molecule has 1 atom stereocenters. The second kappa shape index (κ2) is 8.86. The zero-order chi connectivity index (χ0) is 23.9. The smallest absolute Gasteiger partial charge is 0.259 e. The number of hydrogen-bond donors (Lipinski definition) is 2. The van der Waals surface area contributed by atoms with Gasteiger partial charge in [0.15, 0.2) is 0 Å². The third kappa shape index (κ3) is 3.78. The van der Waals surface area contributed by atoms with Crippen molar-refractivity contribution in [3.8, 4) is 0 Å². The van der Waals surface area contributed by atoms with Gasteiger partial charge in [0.1, 0.15) is 0 Å². The number of aromatic nitrogens is 2. The molecule has 4 heterocycles. The van der Waals surface area contributed by atoms with Crippen LogP contribution in [0, 0.1) is 0 Å². The lowest BCUT2D eigenvalue weighted by atomic mass is 9.95. The Morgan fingerprint density at radius 1 is 0.686 bits per heavy atom. The molecule has 0 spiro atoms. The number of rotatable bonds is 0. The average molecular weight is 468 g/mol. The zero-order valence-electron chi connectivity index (χ0n) is 19.7. The van der Waals surface area contributed by atoms with Crippen LogP contribution in [0.25, 0.3) is 33.0 Å². The first-order valence-electron chi connectivity index (χ1n) is 12.6. The highest BCUT2D eigenvalue weighted by molar-refractivity contribution is 6.50. The number of nitrogens with zero attached hydrogens (tertiary/aromatic N) is 2. The van der Waals surface area contributed by atoms with Gasteiger partial charge in [-0.25, -0.2) is 0 Å². The SMILES string of the molecule is O=C1NC(=O)C2=C1c1cn(c3ccccc13)CCCCCC(O)CCCn1cc2c2ccccc21. The lowest BCUT2D eigenvalue weighted by molar-refractivity contribution is -0.122. The van der Waals surface area contributed by atoms with Crippen molar-refractivity contribution in [1.82, 2.24) is 14.5 Å². The van der Waals surface area contributed by atoms with Crippen LogP contribution >= 0.6 is 0 Å². The first-order chi connectivity index (χ1) is 17.1. The van der Waals surface area contributed by atoms with Crippen molar-refractivity contribution in [3.63, 3.8) is 0 Å². The van der Waals surface area contributed by atoms with Crippen molar-refractivity contribution in [3.05, 3.63) is 72.1 Å². The van der Waals surface area contributed by atoms with Crippen LogP contribution < -0.4 is 5.32 Å². The maximum absolute atomic E-state index is 13.2. The molecule has 4 aromatic rings. The molecule has 6 heteroatoms. The highest BCUT2D eigenvalue weighted by Gasteiger charge is 2.35. The van der Waals surface area contributed by atoms with Crippen molar-refractivity contribution < 1.29 is 14.7 Å². The van der Waals surface area contributed by atoms with Gasteiger partial charge >= 0.3 is 0 Å². The van der Waals surface area contributed by atoms with E-state index in [9.17, 15) is 14.7 Å². The van der Waals surface area contributed by atoms with E-state index in [0.29, 0.717) is 11.1 Å². The summed E-state index contributed by atoms with van der Waals surface area (Å²) in [6.45, 7) is 1.57. The Hall–Kier alpha value is -3.64. The topological polar surface area (TPSA) is 76.3 Å². The third-order valence-electron chi connectivity index (χ3n) is 7.42.